The molecular weight excluding hydrogens is 465 g/mol. The second-order valence-electron chi connectivity index (χ2n) is 10.2. The van der Waals surface area contributed by atoms with Gasteiger partial charge >= 0.3 is 6.18 Å². The summed E-state index contributed by atoms with van der Waals surface area (Å²) < 4.78 is 61.8. The number of alkyl halides is 3. The molecule has 0 N–H and O–H groups in total. The van der Waals surface area contributed by atoms with Crippen LogP contribution in [0.25, 0.3) is 11.4 Å². The van der Waals surface area contributed by atoms with E-state index in [-0.39, 0.29) is 17.2 Å². The Balaban J connectivity index is 0.000000162. The smallest absolute Gasteiger partial charge is 0.300 e. The number of pyridine rings is 1. The zero-order chi connectivity index (χ0) is 24.6. The van der Waals surface area contributed by atoms with Gasteiger partial charge in [0.15, 0.2) is 9.84 Å². The highest BCUT2D eigenvalue weighted by molar-refractivity contribution is 7.92. The van der Waals surface area contributed by atoms with Crippen molar-refractivity contribution in [3.63, 3.8) is 0 Å². The maximum absolute atomic E-state index is 12.5. The lowest BCUT2D eigenvalue weighted by molar-refractivity contribution is -0.141. The molecule has 1 saturated carbocycles. The van der Waals surface area contributed by atoms with Crippen LogP contribution >= 0.6 is 0 Å². The van der Waals surface area contributed by atoms with Gasteiger partial charge in [-0.05, 0) is 70.8 Å². The molecule has 34 heavy (non-hydrogen) atoms. The first-order valence-electron chi connectivity index (χ1n) is 12.0. The van der Waals surface area contributed by atoms with E-state index in [1.54, 1.807) is 16.9 Å². The maximum Gasteiger partial charge on any atom is 0.433 e. The van der Waals surface area contributed by atoms with E-state index in [2.05, 4.69) is 15.0 Å². The minimum absolute atomic E-state index is 0.157. The third-order valence-electron chi connectivity index (χ3n) is 7.19. The SMILES string of the molecule is CC(C)n1ccc(-c2cccc(C(F)(F)F)n2)n1.O=S1(=O)CC2(CCN(C3CCCC3)CC2)C1. The Bertz CT molecular complexity index is 1070. The van der Waals surface area contributed by atoms with Gasteiger partial charge in [0.1, 0.15) is 11.4 Å². The van der Waals surface area contributed by atoms with Crippen molar-refractivity contribution in [2.45, 2.75) is 70.6 Å². The molecule has 2 aromatic heterocycles. The van der Waals surface area contributed by atoms with Crippen LogP contribution in [-0.4, -0.2) is 58.7 Å². The van der Waals surface area contributed by atoms with Crippen LogP contribution in [0.5, 0.6) is 0 Å². The van der Waals surface area contributed by atoms with E-state index in [0.717, 1.165) is 38.0 Å². The summed E-state index contributed by atoms with van der Waals surface area (Å²) in [5.41, 5.74) is -0.0494. The van der Waals surface area contributed by atoms with Gasteiger partial charge in [0.25, 0.3) is 0 Å². The van der Waals surface area contributed by atoms with Crippen molar-refractivity contribution in [3.8, 4) is 11.4 Å². The van der Waals surface area contributed by atoms with E-state index in [1.165, 1.54) is 37.8 Å². The van der Waals surface area contributed by atoms with E-state index in [4.69, 9.17) is 0 Å². The Hall–Kier alpha value is -1.94. The predicted octanol–water partition coefficient (Wildman–Crippen LogP) is 4.98. The average Bonchev–Trinajstić information content (AvgIpc) is 3.46. The second kappa shape index (κ2) is 9.60. The van der Waals surface area contributed by atoms with Crippen LogP contribution in [0.1, 0.15) is 64.1 Å². The molecule has 0 unspecified atom stereocenters. The Morgan fingerprint density at radius 2 is 1.68 bits per heavy atom. The molecule has 4 heterocycles. The molecule has 1 aliphatic carbocycles. The van der Waals surface area contributed by atoms with Gasteiger partial charge in [-0.15, -0.1) is 0 Å². The van der Waals surface area contributed by atoms with Crippen LogP contribution in [0.3, 0.4) is 0 Å². The number of aromatic nitrogens is 3. The van der Waals surface area contributed by atoms with E-state index in [0.29, 0.717) is 17.2 Å². The lowest BCUT2D eigenvalue weighted by Crippen LogP contribution is -2.55. The fourth-order valence-electron chi connectivity index (χ4n) is 5.31. The minimum atomic E-state index is -4.43. The molecule has 3 aliphatic rings. The highest BCUT2D eigenvalue weighted by Gasteiger charge is 2.50. The van der Waals surface area contributed by atoms with Crippen molar-refractivity contribution in [3.05, 3.63) is 36.2 Å². The van der Waals surface area contributed by atoms with E-state index in [1.807, 2.05) is 13.8 Å². The van der Waals surface area contributed by atoms with Crippen LogP contribution < -0.4 is 0 Å². The molecule has 2 aliphatic heterocycles. The molecule has 2 aromatic rings. The predicted molar refractivity (Wildman–Crippen MR) is 125 cm³/mol. The summed E-state index contributed by atoms with van der Waals surface area (Å²) in [4.78, 5) is 6.20. The lowest BCUT2D eigenvalue weighted by atomic mass is 9.81. The summed E-state index contributed by atoms with van der Waals surface area (Å²) in [5.74, 6) is 0.941. The third kappa shape index (κ3) is 5.82. The molecule has 0 bridgehead atoms. The van der Waals surface area contributed by atoms with Crippen LogP contribution in [0.4, 0.5) is 13.2 Å². The van der Waals surface area contributed by atoms with Crippen LogP contribution in [-0.2, 0) is 16.0 Å². The molecule has 0 radical (unpaired) electrons. The average molecular weight is 499 g/mol. The number of halogens is 3. The molecule has 0 aromatic carbocycles. The van der Waals surface area contributed by atoms with Crippen molar-refractivity contribution < 1.29 is 21.6 Å². The van der Waals surface area contributed by atoms with Crippen molar-refractivity contribution in [1.29, 1.82) is 0 Å². The fourth-order valence-corrected chi connectivity index (χ4v) is 7.67. The molecule has 0 atom stereocenters. The molecule has 10 heteroatoms. The minimum Gasteiger partial charge on any atom is -0.300 e. The third-order valence-corrected chi connectivity index (χ3v) is 9.30. The summed E-state index contributed by atoms with van der Waals surface area (Å²) in [5, 5.41) is 4.19. The molecular formula is C24H33F3N4O2S. The summed E-state index contributed by atoms with van der Waals surface area (Å²) in [6.07, 6.45) is 5.03. The number of sulfone groups is 1. The zero-order valence-corrected chi connectivity index (χ0v) is 20.6. The van der Waals surface area contributed by atoms with Crippen LogP contribution in [0.15, 0.2) is 30.5 Å². The first kappa shape index (κ1) is 25.2. The fraction of sp³-hybridized carbons (Fsp3) is 0.667. The Labute approximate surface area is 199 Å². The van der Waals surface area contributed by atoms with Crippen molar-refractivity contribution in [2.24, 2.45) is 5.41 Å². The second-order valence-corrected chi connectivity index (χ2v) is 12.3. The number of piperidine rings is 1. The quantitative estimate of drug-likeness (QED) is 0.597. The molecule has 188 valence electrons. The van der Waals surface area contributed by atoms with Crippen LogP contribution in [0.2, 0.25) is 0 Å². The highest BCUT2D eigenvalue weighted by atomic mass is 32.2. The number of likely N-dealkylation sites (tertiary alicyclic amines) is 1. The van der Waals surface area contributed by atoms with Crippen LogP contribution in [0, 0.1) is 5.41 Å². The van der Waals surface area contributed by atoms with Gasteiger partial charge in [0.05, 0.1) is 17.2 Å². The number of nitrogens with zero attached hydrogens (tertiary/aromatic N) is 4. The molecule has 5 rings (SSSR count). The van der Waals surface area contributed by atoms with E-state index >= 15 is 0 Å². The normalized spacial score (nSPS) is 22.4. The summed E-state index contributed by atoms with van der Waals surface area (Å²) in [6.45, 7) is 6.16. The molecule has 0 amide bonds. The van der Waals surface area contributed by atoms with Gasteiger partial charge in [0.2, 0.25) is 0 Å². The molecule has 6 nitrogen and oxygen atoms in total. The van der Waals surface area contributed by atoms with Crippen molar-refractivity contribution >= 4 is 9.84 Å². The summed E-state index contributed by atoms with van der Waals surface area (Å²) in [7, 11) is -2.64. The monoisotopic (exact) mass is 498 g/mol. The van der Waals surface area contributed by atoms with Gasteiger partial charge in [-0.2, -0.15) is 18.3 Å². The number of hydrogen-bond donors (Lipinski definition) is 0. The first-order chi connectivity index (χ1) is 16.0. The van der Waals surface area contributed by atoms with Crippen molar-refractivity contribution in [2.75, 3.05) is 24.6 Å². The van der Waals surface area contributed by atoms with Crippen molar-refractivity contribution in [1.82, 2.24) is 19.7 Å². The van der Waals surface area contributed by atoms with E-state index in [9.17, 15) is 21.6 Å². The highest BCUT2D eigenvalue weighted by Crippen LogP contribution is 2.43. The van der Waals surface area contributed by atoms with E-state index < -0.39 is 21.7 Å². The number of hydrogen-bond acceptors (Lipinski definition) is 5. The van der Waals surface area contributed by atoms with Gasteiger partial charge < -0.3 is 4.90 Å². The summed E-state index contributed by atoms with van der Waals surface area (Å²) in [6, 6.07) is 6.42. The lowest BCUT2D eigenvalue weighted by Gasteiger charge is -2.48. The molecule has 3 fully saturated rings. The standard InChI is InChI=1S/C12H12F3N3.C12H21NO2S/c1-8(2)18-7-6-10(17-18)9-4-3-5-11(16-9)12(13,14)15;14-16(15)9-12(10-16)5-7-13(8-6-12)11-3-1-2-4-11/h3-8H,1-2H3;11H,1-10H2. The topological polar surface area (TPSA) is 68.1 Å². The first-order valence-corrected chi connectivity index (χ1v) is 13.8. The Morgan fingerprint density at radius 1 is 1.03 bits per heavy atom. The van der Waals surface area contributed by atoms with Gasteiger partial charge in [-0.25, -0.2) is 13.4 Å². The Kier molecular flexibility index (Phi) is 7.11. The van der Waals surface area contributed by atoms with Gasteiger partial charge in [0, 0.05) is 23.7 Å². The van der Waals surface area contributed by atoms with Gasteiger partial charge in [-0.3, -0.25) is 4.68 Å². The summed E-state index contributed by atoms with van der Waals surface area (Å²) >= 11 is 0. The largest absolute Gasteiger partial charge is 0.433 e. The zero-order valence-electron chi connectivity index (χ0n) is 19.8. The Morgan fingerprint density at radius 3 is 2.21 bits per heavy atom. The maximum atomic E-state index is 12.5. The number of rotatable bonds is 3. The molecule has 1 spiro atoms. The molecule has 2 saturated heterocycles. The van der Waals surface area contributed by atoms with Gasteiger partial charge in [-0.1, -0.05) is 18.9 Å².